The Morgan fingerprint density at radius 3 is 2.86 bits per heavy atom. The molecule has 1 saturated carbocycles. The zero-order chi connectivity index (χ0) is 20.2. The van der Waals surface area contributed by atoms with Crippen LogP contribution in [0.25, 0.3) is 10.9 Å². The molecule has 9 heteroatoms. The zero-order valence-corrected chi connectivity index (χ0v) is 17.4. The summed E-state index contributed by atoms with van der Waals surface area (Å²) in [6, 6.07) is 3.69. The summed E-state index contributed by atoms with van der Waals surface area (Å²) in [4.78, 5) is 8.97. The van der Waals surface area contributed by atoms with E-state index in [4.69, 9.17) is 23.2 Å². The van der Waals surface area contributed by atoms with Crippen LogP contribution in [0.2, 0.25) is 10.2 Å². The number of alkyl halides is 1. The van der Waals surface area contributed by atoms with Gasteiger partial charge in [0.15, 0.2) is 5.15 Å². The number of aromatic nitrogens is 4. The first-order chi connectivity index (χ1) is 13.9. The molecule has 0 amide bonds. The van der Waals surface area contributed by atoms with Crippen LogP contribution >= 0.6 is 23.2 Å². The van der Waals surface area contributed by atoms with E-state index in [-0.39, 0.29) is 11.5 Å². The van der Waals surface area contributed by atoms with Crippen molar-refractivity contribution in [1.29, 1.82) is 0 Å². The lowest BCUT2D eigenvalue weighted by Gasteiger charge is -2.27. The molecule has 1 aromatic carbocycles. The first kappa shape index (κ1) is 19.0. The molecule has 2 atom stereocenters. The Labute approximate surface area is 177 Å². The van der Waals surface area contributed by atoms with Crippen molar-refractivity contribution in [2.45, 2.75) is 43.8 Å². The Morgan fingerprint density at radius 1 is 1.28 bits per heavy atom. The monoisotopic (exact) mass is 434 g/mol. The molecule has 0 spiro atoms. The average Bonchev–Trinajstić information content (AvgIpc) is 3.34. The third-order valence-corrected chi connectivity index (χ3v) is 6.64. The van der Waals surface area contributed by atoms with E-state index in [9.17, 15) is 4.39 Å². The van der Waals surface area contributed by atoms with E-state index >= 15 is 0 Å². The normalized spacial score (nSPS) is 23.3. The van der Waals surface area contributed by atoms with Crippen molar-refractivity contribution in [2.75, 3.05) is 18.4 Å². The molecular weight excluding hydrogens is 414 g/mol. The van der Waals surface area contributed by atoms with E-state index in [2.05, 4.69) is 32.6 Å². The number of rotatable bonds is 4. The molecule has 152 valence electrons. The number of fused-ring (bicyclic) bond motifs is 1. The number of nitrogens with one attached hydrogen (secondary N) is 2. The summed E-state index contributed by atoms with van der Waals surface area (Å²) in [5.41, 5.74) is 2.18. The van der Waals surface area contributed by atoms with Gasteiger partial charge in [0.1, 0.15) is 6.17 Å². The maximum atomic E-state index is 14.4. The summed E-state index contributed by atoms with van der Waals surface area (Å²) in [5, 5.41) is 12.5. The van der Waals surface area contributed by atoms with Crippen molar-refractivity contribution in [3.8, 4) is 0 Å². The molecular formula is C20H21Cl2FN6. The largest absolute Gasteiger partial charge is 0.320 e. The van der Waals surface area contributed by atoms with Crippen LogP contribution in [0.15, 0.2) is 24.5 Å². The van der Waals surface area contributed by atoms with Crippen LogP contribution < -0.4 is 10.6 Å². The molecule has 1 aliphatic heterocycles. The number of nitrogens with zero attached hydrogens (tertiary/aromatic N) is 4. The van der Waals surface area contributed by atoms with E-state index in [0.717, 1.165) is 30.3 Å². The van der Waals surface area contributed by atoms with Gasteiger partial charge >= 0.3 is 0 Å². The lowest BCUT2D eigenvalue weighted by atomic mass is 9.88. The van der Waals surface area contributed by atoms with E-state index in [1.54, 1.807) is 12.4 Å². The Kier molecular flexibility index (Phi) is 4.64. The molecule has 2 fully saturated rings. The van der Waals surface area contributed by atoms with Gasteiger partial charge in [-0.2, -0.15) is 5.10 Å². The van der Waals surface area contributed by atoms with E-state index < -0.39 is 6.17 Å². The van der Waals surface area contributed by atoms with Gasteiger partial charge in [-0.1, -0.05) is 23.2 Å². The minimum atomic E-state index is -0.966. The second-order valence-electron chi connectivity index (χ2n) is 8.12. The SMILES string of the molecule is CC1(n2ncc(Nc3ncc4cc(Cl)c([C@H]5CCNC[C@@H]5F)cc4n3)c2Cl)CC1. The van der Waals surface area contributed by atoms with Crippen molar-refractivity contribution in [1.82, 2.24) is 25.1 Å². The average molecular weight is 435 g/mol. The van der Waals surface area contributed by atoms with Crippen LogP contribution in [0.1, 0.15) is 37.7 Å². The smallest absolute Gasteiger partial charge is 0.227 e. The summed E-state index contributed by atoms with van der Waals surface area (Å²) in [7, 11) is 0. The van der Waals surface area contributed by atoms with Gasteiger partial charge in [-0.3, -0.25) is 0 Å². The highest BCUT2D eigenvalue weighted by Crippen LogP contribution is 2.45. The number of hydrogen-bond donors (Lipinski definition) is 2. The lowest BCUT2D eigenvalue weighted by Crippen LogP contribution is -2.36. The molecule has 29 heavy (non-hydrogen) atoms. The van der Waals surface area contributed by atoms with Crippen molar-refractivity contribution >= 4 is 45.7 Å². The van der Waals surface area contributed by atoms with Crippen LogP contribution in [-0.2, 0) is 5.54 Å². The summed E-state index contributed by atoms with van der Waals surface area (Å²) in [6.45, 7) is 3.25. The minimum Gasteiger partial charge on any atom is -0.320 e. The quantitative estimate of drug-likeness (QED) is 0.616. The molecule has 3 aromatic rings. The highest BCUT2D eigenvalue weighted by atomic mass is 35.5. The number of benzene rings is 1. The van der Waals surface area contributed by atoms with Crippen LogP contribution in [0, 0.1) is 0 Å². The standard InChI is InChI=1S/C20H21Cl2FN6/c1-20(3-4-20)29-18(22)17(10-26-29)28-19-25-8-11-6-14(21)13(7-16(11)27-19)12-2-5-24-9-15(12)23/h6-8,10,12,15,24H,2-5,9H2,1H3,(H,25,27,28)/t12-,15+/m1/s1. The van der Waals surface area contributed by atoms with E-state index in [1.165, 1.54) is 0 Å². The second kappa shape index (κ2) is 7.07. The molecule has 5 rings (SSSR count). The van der Waals surface area contributed by atoms with Crippen molar-refractivity contribution in [3.05, 3.63) is 40.3 Å². The molecule has 1 saturated heterocycles. The fourth-order valence-electron chi connectivity index (χ4n) is 3.89. The predicted octanol–water partition coefficient (Wildman–Crippen LogP) is 4.80. The first-order valence-corrected chi connectivity index (χ1v) is 10.5. The highest BCUT2D eigenvalue weighted by molar-refractivity contribution is 6.32. The molecule has 2 aliphatic rings. The Hall–Kier alpha value is -1.96. The first-order valence-electron chi connectivity index (χ1n) is 9.77. The van der Waals surface area contributed by atoms with Crippen LogP contribution in [0.5, 0.6) is 0 Å². The van der Waals surface area contributed by atoms with Gasteiger partial charge in [0.05, 0.1) is 22.9 Å². The molecule has 0 bridgehead atoms. The maximum absolute atomic E-state index is 14.4. The predicted molar refractivity (Wildman–Crippen MR) is 113 cm³/mol. The Morgan fingerprint density at radius 2 is 2.10 bits per heavy atom. The van der Waals surface area contributed by atoms with Crippen molar-refractivity contribution < 1.29 is 4.39 Å². The van der Waals surface area contributed by atoms with Gasteiger partial charge in [-0.05, 0) is 50.4 Å². The third-order valence-electron chi connectivity index (χ3n) is 5.95. The number of hydrogen-bond acceptors (Lipinski definition) is 5. The van der Waals surface area contributed by atoms with E-state index in [1.807, 2.05) is 16.8 Å². The summed E-state index contributed by atoms with van der Waals surface area (Å²) in [6.07, 6.45) is 5.26. The number of piperidine rings is 1. The molecule has 2 N–H and O–H groups in total. The van der Waals surface area contributed by atoms with Crippen molar-refractivity contribution in [3.63, 3.8) is 0 Å². The Bertz CT molecular complexity index is 1080. The molecule has 6 nitrogen and oxygen atoms in total. The maximum Gasteiger partial charge on any atom is 0.227 e. The fourth-order valence-corrected chi connectivity index (χ4v) is 4.55. The molecule has 1 aliphatic carbocycles. The van der Waals surface area contributed by atoms with Crippen LogP contribution in [-0.4, -0.2) is 39.0 Å². The highest BCUT2D eigenvalue weighted by Gasteiger charge is 2.42. The minimum absolute atomic E-state index is 0.00463. The van der Waals surface area contributed by atoms with Crippen molar-refractivity contribution in [2.24, 2.45) is 0 Å². The topological polar surface area (TPSA) is 67.7 Å². The Balaban J connectivity index is 1.47. The van der Waals surface area contributed by atoms with Gasteiger partial charge in [-0.25, -0.2) is 19.0 Å². The molecule has 2 aromatic heterocycles. The lowest BCUT2D eigenvalue weighted by molar-refractivity contribution is 0.231. The third kappa shape index (κ3) is 3.45. The fraction of sp³-hybridized carbons (Fsp3) is 0.450. The second-order valence-corrected chi connectivity index (χ2v) is 8.89. The van der Waals surface area contributed by atoms with Gasteiger partial charge in [-0.15, -0.1) is 0 Å². The number of anilines is 2. The number of halogens is 3. The van der Waals surface area contributed by atoms with Gasteiger partial charge in [0.2, 0.25) is 5.95 Å². The van der Waals surface area contributed by atoms with Crippen LogP contribution in [0.4, 0.5) is 16.0 Å². The summed E-state index contributed by atoms with van der Waals surface area (Å²) < 4.78 is 16.3. The van der Waals surface area contributed by atoms with E-state index in [0.29, 0.717) is 40.3 Å². The van der Waals surface area contributed by atoms with Gasteiger partial charge in [0, 0.05) is 29.1 Å². The molecule has 3 heterocycles. The summed E-state index contributed by atoms with van der Waals surface area (Å²) >= 11 is 13.0. The molecule has 0 radical (unpaired) electrons. The molecule has 0 unspecified atom stereocenters. The van der Waals surface area contributed by atoms with Gasteiger partial charge in [0.25, 0.3) is 0 Å². The zero-order valence-electron chi connectivity index (χ0n) is 15.9. The van der Waals surface area contributed by atoms with Gasteiger partial charge < -0.3 is 10.6 Å². The van der Waals surface area contributed by atoms with Crippen LogP contribution in [0.3, 0.4) is 0 Å². The summed E-state index contributed by atoms with van der Waals surface area (Å²) in [5.74, 6) is 0.182.